The van der Waals surface area contributed by atoms with E-state index in [1.807, 2.05) is 0 Å². The summed E-state index contributed by atoms with van der Waals surface area (Å²) in [5, 5.41) is 12.0. The fourth-order valence-corrected chi connectivity index (χ4v) is 1.12. The number of rotatable bonds is 2. The van der Waals surface area contributed by atoms with E-state index in [-0.39, 0.29) is 28.7 Å². The van der Waals surface area contributed by atoms with Gasteiger partial charge in [0, 0.05) is 6.92 Å². The number of para-hydroxylation sites is 1. The number of benzene rings is 1. The van der Waals surface area contributed by atoms with Gasteiger partial charge in [-0.1, -0.05) is 6.07 Å². The third-order valence-corrected chi connectivity index (χ3v) is 1.73. The van der Waals surface area contributed by atoms with Gasteiger partial charge in [-0.15, -0.1) is 0 Å². The molecule has 0 aliphatic heterocycles. The van der Waals surface area contributed by atoms with Gasteiger partial charge < -0.3 is 10.4 Å². The van der Waals surface area contributed by atoms with Gasteiger partial charge in [-0.05, 0) is 19.1 Å². The van der Waals surface area contributed by atoms with Gasteiger partial charge >= 0.3 is 0 Å². The number of amides is 1. The van der Waals surface area contributed by atoms with Gasteiger partial charge in [-0.3, -0.25) is 9.59 Å². The van der Waals surface area contributed by atoms with Gasteiger partial charge in [0.2, 0.25) is 5.91 Å². The predicted molar refractivity (Wildman–Crippen MR) is 52.4 cm³/mol. The molecule has 0 saturated heterocycles. The summed E-state index contributed by atoms with van der Waals surface area (Å²) in [4.78, 5) is 21.8. The Morgan fingerprint density at radius 3 is 2.43 bits per heavy atom. The van der Waals surface area contributed by atoms with Crippen LogP contribution in [0.3, 0.4) is 0 Å². The topological polar surface area (TPSA) is 66.4 Å². The van der Waals surface area contributed by atoms with Gasteiger partial charge in [0.05, 0.1) is 11.3 Å². The Hall–Kier alpha value is -1.84. The Labute approximate surface area is 81.6 Å². The first-order valence-corrected chi connectivity index (χ1v) is 4.13. The Morgan fingerprint density at radius 2 is 1.93 bits per heavy atom. The maximum absolute atomic E-state index is 11.0. The third kappa shape index (κ3) is 2.10. The molecule has 0 heterocycles. The number of phenols is 1. The molecule has 0 fully saturated rings. The van der Waals surface area contributed by atoms with Crippen LogP contribution in [0, 0.1) is 0 Å². The van der Waals surface area contributed by atoms with E-state index in [0.717, 1.165) is 0 Å². The molecular weight excluding hydrogens is 182 g/mol. The Kier molecular flexibility index (Phi) is 2.86. The fraction of sp³-hybridized carbons (Fsp3) is 0.200. The van der Waals surface area contributed by atoms with Crippen molar-refractivity contribution in [1.82, 2.24) is 0 Å². The van der Waals surface area contributed by atoms with Gasteiger partial charge in [0.25, 0.3) is 0 Å². The Bertz CT molecular complexity index is 385. The summed E-state index contributed by atoms with van der Waals surface area (Å²) in [6, 6.07) is 4.63. The maximum Gasteiger partial charge on any atom is 0.221 e. The van der Waals surface area contributed by atoms with E-state index in [4.69, 9.17) is 0 Å². The third-order valence-electron chi connectivity index (χ3n) is 1.73. The summed E-state index contributed by atoms with van der Waals surface area (Å²) < 4.78 is 0. The van der Waals surface area contributed by atoms with Crippen LogP contribution in [-0.4, -0.2) is 16.8 Å². The lowest BCUT2D eigenvalue weighted by molar-refractivity contribution is -0.114. The molecule has 0 atom stereocenters. The zero-order valence-corrected chi connectivity index (χ0v) is 8.00. The van der Waals surface area contributed by atoms with Crippen LogP contribution >= 0.6 is 0 Å². The molecule has 1 aromatic rings. The summed E-state index contributed by atoms with van der Waals surface area (Å²) in [5.74, 6) is -0.717. The lowest BCUT2D eigenvalue weighted by Crippen LogP contribution is -2.07. The molecule has 74 valence electrons. The van der Waals surface area contributed by atoms with Crippen molar-refractivity contribution in [3.8, 4) is 5.75 Å². The Morgan fingerprint density at radius 1 is 1.29 bits per heavy atom. The molecule has 4 nitrogen and oxygen atoms in total. The summed E-state index contributed by atoms with van der Waals surface area (Å²) >= 11 is 0. The minimum Gasteiger partial charge on any atom is -0.505 e. The van der Waals surface area contributed by atoms with Gasteiger partial charge in [0.15, 0.2) is 5.78 Å². The number of carbonyl (C=O) groups excluding carboxylic acids is 2. The van der Waals surface area contributed by atoms with Crippen LogP contribution in [-0.2, 0) is 4.79 Å². The quantitative estimate of drug-likeness (QED) is 0.553. The summed E-state index contributed by atoms with van der Waals surface area (Å²) in [5.41, 5.74) is 0.460. The number of ketones is 1. The number of carbonyl (C=O) groups is 2. The van der Waals surface area contributed by atoms with Crippen molar-refractivity contribution in [3.05, 3.63) is 23.8 Å². The maximum atomic E-state index is 11.0. The van der Waals surface area contributed by atoms with Crippen LogP contribution in [0.1, 0.15) is 24.2 Å². The lowest BCUT2D eigenvalue weighted by Gasteiger charge is -2.07. The largest absolute Gasteiger partial charge is 0.505 e. The molecule has 0 aromatic heterocycles. The average molecular weight is 193 g/mol. The molecule has 0 aliphatic rings. The smallest absolute Gasteiger partial charge is 0.221 e. The first-order chi connectivity index (χ1) is 6.52. The number of phenolic OH excluding ortho intramolecular Hbond substituents is 1. The zero-order valence-electron chi connectivity index (χ0n) is 8.00. The molecule has 0 saturated carbocycles. The van der Waals surface area contributed by atoms with Gasteiger partial charge in [-0.25, -0.2) is 0 Å². The van der Waals surface area contributed by atoms with Crippen LogP contribution < -0.4 is 5.32 Å². The fourth-order valence-electron chi connectivity index (χ4n) is 1.12. The molecule has 1 rings (SSSR count). The summed E-state index contributed by atoms with van der Waals surface area (Å²) in [6.45, 7) is 2.69. The highest BCUT2D eigenvalue weighted by Gasteiger charge is 2.10. The van der Waals surface area contributed by atoms with Crippen LogP contribution in [0.2, 0.25) is 0 Å². The highest BCUT2D eigenvalue weighted by molar-refractivity contribution is 6.00. The second-order valence-electron chi connectivity index (χ2n) is 2.94. The molecule has 4 heteroatoms. The van der Waals surface area contributed by atoms with Crippen molar-refractivity contribution in [2.24, 2.45) is 0 Å². The minimum atomic E-state index is -0.291. The molecule has 14 heavy (non-hydrogen) atoms. The second kappa shape index (κ2) is 3.91. The molecule has 0 unspecified atom stereocenters. The Balaban J connectivity index is 3.13. The first-order valence-electron chi connectivity index (χ1n) is 4.13. The normalized spacial score (nSPS) is 9.57. The first kappa shape index (κ1) is 10.2. The number of hydrogen-bond acceptors (Lipinski definition) is 3. The zero-order chi connectivity index (χ0) is 10.7. The highest BCUT2D eigenvalue weighted by Crippen LogP contribution is 2.27. The van der Waals surface area contributed by atoms with Crippen LogP contribution in [0.25, 0.3) is 0 Å². The van der Waals surface area contributed by atoms with Crippen molar-refractivity contribution in [1.29, 1.82) is 0 Å². The molecule has 0 aliphatic carbocycles. The molecule has 2 N–H and O–H groups in total. The molecule has 0 bridgehead atoms. The van der Waals surface area contributed by atoms with Crippen LogP contribution in [0.15, 0.2) is 18.2 Å². The van der Waals surface area contributed by atoms with Crippen molar-refractivity contribution < 1.29 is 14.7 Å². The van der Waals surface area contributed by atoms with Crippen molar-refractivity contribution in [2.75, 3.05) is 5.32 Å². The van der Waals surface area contributed by atoms with E-state index in [1.54, 1.807) is 6.07 Å². The van der Waals surface area contributed by atoms with E-state index < -0.39 is 0 Å². The number of anilines is 1. The SMILES string of the molecule is CC(=O)Nc1cccc(C(C)=O)c1O. The summed E-state index contributed by atoms with van der Waals surface area (Å²) in [7, 11) is 0. The van der Waals surface area contributed by atoms with Crippen molar-refractivity contribution >= 4 is 17.4 Å². The average Bonchev–Trinajstić information content (AvgIpc) is 2.07. The molecule has 1 aromatic carbocycles. The van der Waals surface area contributed by atoms with E-state index in [9.17, 15) is 14.7 Å². The monoisotopic (exact) mass is 193 g/mol. The van der Waals surface area contributed by atoms with E-state index in [2.05, 4.69) is 5.32 Å². The number of nitrogens with one attached hydrogen (secondary N) is 1. The predicted octanol–water partition coefficient (Wildman–Crippen LogP) is 1.55. The van der Waals surface area contributed by atoms with Crippen molar-refractivity contribution in [3.63, 3.8) is 0 Å². The lowest BCUT2D eigenvalue weighted by atomic mass is 10.1. The number of hydrogen-bond donors (Lipinski definition) is 2. The van der Waals surface area contributed by atoms with Crippen molar-refractivity contribution in [2.45, 2.75) is 13.8 Å². The molecule has 0 spiro atoms. The van der Waals surface area contributed by atoms with E-state index in [1.165, 1.54) is 26.0 Å². The van der Waals surface area contributed by atoms with Crippen LogP contribution in [0.5, 0.6) is 5.75 Å². The molecule has 1 amide bonds. The highest BCUT2D eigenvalue weighted by atomic mass is 16.3. The van der Waals surface area contributed by atoms with E-state index in [0.29, 0.717) is 0 Å². The van der Waals surface area contributed by atoms with Gasteiger partial charge in [-0.2, -0.15) is 0 Å². The van der Waals surface area contributed by atoms with E-state index >= 15 is 0 Å². The van der Waals surface area contributed by atoms with Crippen LogP contribution in [0.4, 0.5) is 5.69 Å². The molecular formula is C10H11NO3. The number of aromatic hydroxyl groups is 1. The minimum absolute atomic E-state index is 0.185. The van der Waals surface area contributed by atoms with Gasteiger partial charge in [0.1, 0.15) is 5.75 Å². The number of Topliss-reactive ketones (excluding diaryl/α,β-unsaturated/α-hetero) is 1. The second-order valence-corrected chi connectivity index (χ2v) is 2.94. The summed E-state index contributed by atoms with van der Waals surface area (Å²) in [6.07, 6.45) is 0. The molecule has 0 radical (unpaired) electrons. The standard InChI is InChI=1S/C10H11NO3/c1-6(12)8-4-3-5-9(10(8)14)11-7(2)13/h3-5,14H,1-2H3,(H,11,13).